The molecule has 0 aliphatic rings. The molecular formula is C10H10ClFINO2. The fourth-order valence-electron chi connectivity index (χ4n) is 1.22. The molecule has 0 fully saturated rings. The minimum atomic E-state index is -1.07. The van der Waals surface area contributed by atoms with Crippen molar-refractivity contribution in [1.82, 2.24) is 5.32 Å². The molecule has 1 atom stereocenters. The normalized spacial score (nSPS) is 12.2. The summed E-state index contributed by atoms with van der Waals surface area (Å²) in [4.78, 5) is 10.2. The summed E-state index contributed by atoms with van der Waals surface area (Å²) in [5, 5.41) is 10.7. The third-order valence-corrected chi connectivity index (χ3v) is 3.58. The van der Waals surface area contributed by atoms with Crippen LogP contribution in [0.15, 0.2) is 18.2 Å². The highest BCUT2D eigenvalue weighted by molar-refractivity contribution is 14.1. The molecule has 6 heteroatoms. The van der Waals surface area contributed by atoms with Crippen molar-refractivity contribution >= 4 is 40.3 Å². The average molecular weight is 358 g/mol. The zero-order valence-electron chi connectivity index (χ0n) is 8.21. The summed E-state index contributed by atoms with van der Waals surface area (Å²) in [6.07, 6.45) is -0.556. The lowest BCUT2D eigenvalue weighted by atomic mass is 10.1. The Morgan fingerprint density at radius 1 is 1.62 bits per heavy atom. The minimum Gasteiger partial charge on any atom is -0.465 e. The third-order valence-electron chi connectivity index (χ3n) is 1.99. The van der Waals surface area contributed by atoms with Crippen molar-refractivity contribution in [1.29, 1.82) is 0 Å². The second-order valence-corrected chi connectivity index (χ2v) is 5.04. The van der Waals surface area contributed by atoms with Gasteiger partial charge in [-0.2, -0.15) is 0 Å². The van der Waals surface area contributed by atoms with Gasteiger partial charge in [0.15, 0.2) is 0 Å². The molecular weight excluding hydrogens is 347 g/mol. The Bertz CT molecular complexity index is 389. The largest absolute Gasteiger partial charge is 0.465 e. The van der Waals surface area contributed by atoms with Gasteiger partial charge in [0.2, 0.25) is 0 Å². The van der Waals surface area contributed by atoms with Crippen LogP contribution in [0.5, 0.6) is 0 Å². The predicted molar refractivity (Wildman–Crippen MR) is 68.8 cm³/mol. The summed E-state index contributed by atoms with van der Waals surface area (Å²) in [5.41, 5.74) is 0.500. The van der Waals surface area contributed by atoms with Crippen LogP contribution >= 0.6 is 34.2 Å². The molecule has 0 spiro atoms. The lowest BCUT2D eigenvalue weighted by molar-refractivity contribution is 0.194. The van der Waals surface area contributed by atoms with E-state index in [2.05, 4.69) is 27.9 Å². The van der Waals surface area contributed by atoms with Crippen LogP contribution in [0.4, 0.5) is 9.18 Å². The molecule has 88 valence electrons. The van der Waals surface area contributed by atoms with Crippen LogP contribution in [-0.4, -0.2) is 17.7 Å². The van der Waals surface area contributed by atoms with Gasteiger partial charge in [-0.15, -0.1) is 0 Å². The summed E-state index contributed by atoms with van der Waals surface area (Å²) in [6.45, 7) is 0.287. The van der Waals surface area contributed by atoms with Crippen LogP contribution in [0.3, 0.4) is 0 Å². The molecule has 1 unspecified atom stereocenters. The van der Waals surface area contributed by atoms with Gasteiger partial charge >= 0.3 is 6.09 Å². The third kappa shape index (κ3) is 3.79. The number of alkyl halides is 1. The first-order valence-electron chi connectivity index (χ1n) is 4.57. The molecule has 0 radical (unpaired) electrons. The lowest BCUT2D eigenvalue weighted by Gasteiger charge is -2.11. The highest BCUT2D eigenvalue weighted by atomic mass is 127. The number of nitrogens with one attached hydrogen (secondary N) is 1. The van der Waals surface area contributed by atoms with E-state index in [0.29, 0.717) is 12.0 Å². The molecule has 2 N–H and O–H groups in total. The maximum atomic E-state index is 13.6. The Morgan fingerprint density at radius 3 is 2.94 bits per heavy atom. The Balaban J connectivity index is 2.62. The second kappa shape index (κ2) is 6.24. The summed E-state index contributed by atoms with van der Waals surface area (Å²) in [5.74, 6) is -0.432. The van der Waals surface area contributed by atoms with Crippen LogP contribution in [0, 0.1) is 5.82 Å². The zero-order valence-corrected chi connectivity index (χ0v) is 11.1. The summed E-state index contributed by atoms with van der Waals surface area (Å²) >= 11 is 7.72. The highest BCUT2D eigenvalue weighted by Crippen LogP contribution is 2.31. The SMILES string of the molecule is O=C(O)NCCC(I)c1cccc(Cl)c1F. The van der Waals surface area contributed by atoms with Crippen LogP contribution < -0.4 is 5.32 Å². The van der Waals surface area contributed by atoms with E-state index in [1.165, 1.54) is 6.07 Å². The van der Waals surface area contributed by atoms with Gasteiger partial charge in [0.1, 0.15) is 5.82 Å². The van der Waals surface area contributed by atoms with Gasteiger partial charge in [-0.1, -0.05) is 46.3 Å². The molecule has 0 heterocycles. The molecule has 0 saturated heterocycles. The van der Waals surface area contributed by atoms with Crippen molar-refractivity contribution in [3.63, 3.8) is 0 Å². The Labute approximate surface area is 111 Å². The monoisotopic (exact) mass is 357 g/mol. The van der Waals surface area contributed by atoms with E-state index in [0.717, 1.165) is 0 Å². The molecule has 0 saturated carbocycles. The molecule has 0 bridgehead atoms. The maximum absolute atomic E-state index is 13.6. The van der Waals surface area contributed by atoms with E-state index in [-0.39, 0.29) is 15.5 Å². The molecule has 0 aliphatic carbocycles. The number of rotatable bonds is 4. The first kappa shape index (κ1) is 13.5. The molecule has 16 heavy (non-hydrogen) atoms. The topological polar surface area (TPSA) is 49.3 Å². The molecule has 3 nitrogen and oxygen atoms in total. The van der Waals surface area contributed by atoms with Crippen LogP contribution in [-0.2, 0) is 0 Å². The molecule has 0 aliphatic heterocycles. The first-order chi connectivity index (χ1) is 7.52. The van der Waals surface area contributed by atoms with E-state index in [1.807, 2.05) is 0 Å². The summed E-state index contributed by atoms with van der Waals surface area (Å²) in [7, 11) is 0. The lowest BCUT2D eigenvalue weighted by Crippen LogP contribution is -2.22. The number of hydrogen-bond donors (Lipinski definition) is 2. The van der Waals surface area contributed by atoms with Crippen LogP contribution in [0.1, 0.15) is 15.9 Å². The number of carboxylic acid groups (broad SMARTS) is 1. The Hall–Kier alpha value is -0.560. The predicted octanol–water partition coefficient (Wildman–Crippen LogP) is 3.61. The fourth-order valence-corrected chi connectivity index (χ4v) is 2.20. The summed E-state index contributed by atoms with van der Waals surface area (Å²) in [6, 6.07) is 4.81. The van der Waals surface area contributed by atoms with Gasteiger partial charge in [-0.3, -0.25) is 0 Å². The van der Waals surface area contributed by atoms with E-state index < -0.39 is 11.9 Å². The van der Waals surface area contributed by atoms with Crippen molar-refractivity contribution in [2.45, 2.75) is 10.3 Å². The molecule has 1 rings (SSSR count). The fraction of sp³-hybridized carbons (Fsp3) is 0.300. The first-order valence-corrected chi connectivity index (χ1v) is 6.19. The standard InChI is InChI=1S/C10H10ClFINO2/c11-7-3-1-2-6(9(7)12)8(13)4-5-14-10(15)16/h1-3,8,14H,4-5H2,(H,15,16). The van der Waals surface area contributed by atoms with Crippen molar-refractivity contribution in [2.75, 3.05) is 6.54 Å². The Kier molecular flexibility index (Phi) is 5.27. The quantitative estimate of drug-likeness (QED) is 0.639. The van der Waals surface area contributed by atoms with E-state index in [1.54, 1.807) is 12.1 Å². The highest BCUT2D eigenvalue weighted by Gasteiger charge is 2.14. The van der Waals surface area contributed by atoms with E-state index in [9.17, 15) is 9.18 Å². The van der Waals surface area contributed by atoms with Crippen molar-refractivity contribution in [3.05, 3.63) is 34.6 Å². The number of hydrogen-bond acceptors (Lipinski definition) is 1. The van der Waals surface area contributed by atoms with Crippen molar-refractivity contribution in [3.8, 4) is 0 Å². The van der Waals surface area contributed by atoms with Crippen molar-refractivity contribution < 1.29 is 14.3 Å². The molecule has 1 amide bonds. The van der Waals surface area contributed by atoms with Crippen LogP contribution in [0.2, 0.25) is 5.02 Å². The summed E-state index contributed by atoms with van der Waals surface area (Å²) < 4.78 is 13.5. The molecule has 1 aromatic rings. The van der Waals surface area contributed by atoms with Gasteiger partial charge in [0.05, 0.1) is 5.02 Å². The number of amides is 1. The molecule has 0 aromatic heterocycles. The Morgan fingerprint density at radius 2 is 2.31 bits per heavy atom. The maximum Gasteiger partial charge on any atom is 0.404 e. The van der Waals surface area contributed by atoms with Crippen LogP contribution in [0.25, 0.3) is 0 Å². The van der Waals surface area contributed by atoms with Gasteiger partial charge < -0.3 is 10.4 Å². The van der Waals surface area contributed by atoms with Crippen molar-refractivity contribution in [2.24, 2.45) is 0 Å². The average Bonchev–Trinajstić information content (AvgIpc) is 2.21. The number of halogens is 3. The second-order valence-electron chi connectivity index (χ2n) is 3.13. The minimum absolute atomic E-state index is 0.0883. The van der Waals surface area contributed by atoms with E-state index in [4.69, 9.17) is 16.7 Å². The van der Waals surface area contributed by atoms with Gasteiger partial charge in [0.25, 0.3) is 0 Å². The molecule has 1 aromatic carbocycles. The number of carbonyl (C=O) groups is 1. The zero-order chi connectivity index (χ0) is 12.1. The van der Waals surface area contributed by atoms with Gasteiger partial charge in [-0.05, 0) is 12.5 Å². The smallest absolute Gasteiger partial charge is 0.404 e. The van der Waals surface area contributed by atoms with E-state index >= 15 is 0 Å². The van der Waals surface area contributed by atoms with Gasteiger partial charge in [-0.25, -0.2) is 9.18 Å². The van der Waals surface area contributed by atoms with Gasteiger partial charge in [0, 0.05) is 16.0 Å². The number of benzene rings is 1.